The van der Waals surface area contributed by atoms with Crippen LogP contribution in [0, 0.1) is 5.92 Å². The summed E-state index contributed by atoms with van der Waals surface area (Å²) >= 11 is 0. The number of nitrogens with one attached hydrogen (secondary N) is 1. The first kappa shape index (κ1) is 9.93. The van der Waals surface area contributed by atoms with Crippen LogP contribution in [-0.2, 0) is 4.79 Å². The Kier molecular flexibility index (Phi) is 3.03. The van der Waals surface area contributed by atoms with Gasteiger partial charge in [0.15, 0.2) is 0 Å². The summed E-state index contributed by atoms with van der Waals surface area (Å²) in [7, 11) is 2.11. The van der Waals surface area contributed by atoms with Gasteiger partial charge < -0.3 is 15.1 Å². The lowest BCUT2D eigenvalue weighted by Crippen LogP contribution is -2.49. The third kappa shape index (κ3) is 2.07. The maximum atomic E-state index is 12.0. The topological polar surface area (TPSA) is 35.6 Å². The molecule has 2 heterocycles. The summed E-state index contributed by atoms with van der Waals surface area (Å²) in [6.07, 6.45) is 1.02. The van der Waals surface area contributed by atoms with E-state index in [1.165, 1.54) is 0 Å². The normalized spacial score (nSPS) is 29.5. The smallest absolute Gasteiger partial charge is 0.227 e. The number of carbonyl (C=O) groups excluding carboxylic acids is 1. The molecule has 0 saturated carbocycles. The fraction of sp³-hybridized carbons (Fsp3) is 0.900. The summed E-state index contributed by atoms with van der Waals surface area (Å²) in [5.74, 6) is 0.613. The van der Waals surface area contributed by atoms with Crippen molar-refractivity contribution in [2.45, 2.75) is 6.42 Å². The third-order valence-electron chi connectivity index (χ3n) is 3.22. The van der Waals surface area contributed by atoms with E-state index in [9.17, 15) is 4.79 Å². The van der Waals surface area contributed by atoms with Gasteiger partial charge in [0, 0.05) is 32.7 Å². The largest absolute Gasteiger partial charge is 0.340 e. The number of amides is 1. The van der Waals surface area contributed by atoms with Crippen LogP contribution in [0.3, 0.4) is 0 Å². The lowest BCUT2D eigenvalue weighted by Gasteiger charge is -2.33. The molecular weight excluding hydrogens is 178 g/mol. The van der Waals surface area contributed by atoms with Gasteiger partial charge in [-0.2, -0.15) is 0 Å². The van der Waals surface area contributed by atoms with Gasteiger partial charge in [-0.05, 0) is 20.0 Å². The fourth-order valence-corrected chi connectivity index (χ4v) is 2.15. The van der Waals surface area contributed by atoms with E-state index in [4.69, 9.17) is 0 Å². The van der Waals surface area contributed by atoms with Gasteiger partial charge in [0.2, 0.25) is 5.91 Å². The van der Waals surface area contributed by atoms with Crippen molar-refractivity contribution in [1.29, 1.82) is 0 Å². The number of hydrogen-bond donors (Lipinski definition) is 1. The van der Waals surface area contributed by atoms with Gasteiger partial charge >= 0.3 is 0 Å². The molecule has 0 radical (unpaired) electrons. The predicted octanol–water partition coefficient (Wildman–Crippen LogP) is -0.630. The van der Waals surface area contributed by atoms with Crippen molar-refractivity contribution in [3.05, 3.63) is 0 Å². The van der Waals surface area contributed by atoms with Crippen molar-refractivity contribution >= 4 is 5.91 Å². The summed E-state index contributed by atoms with van der Waals surface area (Å²) in [6, 6.07) is 0. The van der Waals surface area contributed by atoms with Crippen molar-refractivity contribution < 1.29 is 4.79 Å². The Balaban J connectivity index is 1.85. The van der Waals surface area contributed by atoms with Crippen molar-refractivity contribution in [3.63, 3.8) is 0 Å². The number of hydrogen-bond acceptors (Lipinski definition) is 3. The molecule has 2 aliphatic heterocycles. The van der Waals surface area contributed by atoms with Gasteiger partial charge in [-0.3, -0.25) is 4.79 Å². The molecule has 80 valence electrons. The Bertz CT molecular complexity index is 205. The zero-order valence-corrected chi connectivity index (χ0v) is 8.83. The van der Waals surface area contributed by atoms with Gasteiger partial charge in [0.05, 0.1) is 5.92 Å². The van der Waals surface area contributed by atoms with E-state index in [1.807, 2.05) is 4.90 Å². The molecule has 0 aromatic rings. The zero-order valence-electron chi connectivity index (χ0n) is 8.83. The summed E-state index contributed by atoms with van der Waals surface area (Å²) in [5, 5.41) is 3.24. The highest BCUT2D eigenvalue weighted by molar-refractivity contribution is 5.79. The standard InChI is InChI=1S/C10H19N3O/c1-12-4-6-13(7-5-12)10(14)9-2-3-11-8-9/h9,11H,2-8H2,1H3/t9-/m0/s1. The summed E-state index contributed by atoms with van der Waals surface area (Å²) in [6.45, 7) is 5.74. The molecule has 2 aliphatic rings. The average Bonchev–Trinajstić information content (AvgIpc) is 2.71. The number of nitrogens with zero attached hydrogens (tertiary/aromatic N) is 2. The number of piperazine rings is 1. The molecule has 0 aliphatic carbocycles. The van der Waals surface area contributed by atoms with Crippen molar-refractivity contribution in [2.24, 2.45) is 5.92 Å². The van der Waals surface area contributed by atoms with E-state index >= 15 is 0 Å². The van der Waals surface area contributed by atoms with Crippen LogP contribution in [0.1, 0.15) is 6.42 Å². The highest BCUT2D eigenvalue weighted by Gasteiger charge is 2.28. The molecular formula is C10H19N3O. The highest BCUT2D eigenvalue weighted by atomic mass is 16.2. The SMILES string of the molecule is CN1CCN(C(=O)[C@H]2CCNC2)CC1. The molecule has 1 N–H and O–H groups in total. The van der Waals surface area contributed by atoms with E-state index in [1.54, 1.807) is 0 Å². The van der Waals surface area contributed by atoms with E-state index < -0.39 is 0 Å². The Hall–Kier alpha value is -0.610. The van der Waals surface area contributed by atoms with Gasteiger partial charge in [0.1, 0.15) is 0 Å². The molecule has 4 nitrogen and oxygen atoms in total. The molecule has 0 spiro atoms. The first-order chi connectivity index (χ1) is 6.77. The van der Waals surface area contributed by atoms with E-state index in [-0.39, 0.29) is 5.92 Å². The number of rotatable bonds is 1. The molecule has 2 rings (SSSR count). The van der Waals surface area contributed by atoms with Crippen LogP contribution in [0.2, 0.25) is 0 Å². The molecule has 4 heteroatoms. The van der Waals surface area contributed by atoms with Crippen molar-refractivity contribution in [2.75, 3.05) is 46.3 Å². The van der Waals surface area contributed by atoms with Crippen molar-refractivity contribution in [1.82, 2.24) is 15.1 Å². The summed E-state index contributed by atoms with van der Waals surface area (Å²) in [4.78, 5) is 16.3. The molecule has 1 amide bonds. The predicted molar refractivity (Wildman–Crippen MR) is 55.1 cm³/mol. The minimum absolute atomic E-state index is 0.249. The van der Waals surface area contributed by atoms with Gasteiger partial charge in [-0.1, -0.05) is 0 Å². The monoisotopic (exact) mass is 197 g/mol. The minimum Gasteiger partial charge on any atom is -0.340 e. The lowest BCUT2D eigenvalue weighted by molar-refractivity contribution is -0.136. The maximum Gasteiger partial charge on any atom is 0.227 e. The minimum atomic E-state index is 0.249. The van der Waals surface area contributed by atoms with Crippen LogP contribution in [0.4, 0.5) is 0 Å². The molecule has 2 fully saturated rings. The second kappa shape index (κ2) is 4.28. The number of likely N-dealkylation sites (N-methyl/N-ethyl adjacent to an activating group) is 1. The molecule has 0 aromatic carbocycles. The van der Waals surface area contributed by atoms with Crippen LogP contribution in [0.25, 0.3) is 0 Å². The summed E-state index contributed by atoms with van der Waals surface area (Å²) in [5.41, 5.74) is 0. The van der Waals surface area contributed by atoms with E-state index in [0.29, 0.717) is 5.91 Å². The molecule has 1 atom stereocenters. The molecule has 14 heavy (non-hydrogen) atoms. The first-order valence-electron chi connectivity index (χ1n) is 5.45. The van der Waals surface area contributed by atoms with Gasteiger partial charge in [-0.15, -0.1) is 0 Å². The Morgan fingerprint density at radius 1 is 1.29 bits per heavy atom. The Morgan fingerprint density at radius 3 is 2.57 bits per heavy atom. The lowest BCUT2D eigenvalue weighted by atomic mass is 10.1. The quantitative estimate of drug-likeness (QED) is 0.608. The average molecular weight is 197 g/mol. The Labute approximate surface area is 85.2 Å². The van der Waals surface area contributed by atoms with Crippen LogP contribution < -0.4 is 5.32 Å². The molecule has 0 unspecified atom stereocenters. The van der Waals surface area contributed by atoms with Crippen LogP contribution in [0.15, 0.2) is 0 Å². The van der Waals surface area contributed by atoms with E-state index in [0.717, 1.165) is 45.7 Å². The number of carbonyl (C=O) groups is 1. The second-order valence-corrected chi connectivity index (χ2v) is 4.32. The zero-order chi connectivity index (χ0) is 9.97. The van der Waals surface area contributed by atoms with E-state index in [2.05, 4.69) is 17.3 Å². The van der Waals surface area contributed by atoms with Gasteiger partial charge in [-0.25, -0.2) is 0 Å². The molecule has 2 saturated heterocycles. The van der Waals surface area contributed by atoms with Gasteiger partial charge in [0.25, 0.3) is 0 Å². The first-order valence-corrected chi connectivity index (χ1v) is 5.45. The third-order valence-corrected chi connectivity index (χ3v) is 3.22. The Morgan fingerprint density at radius 2 is 2.00 bits per heavy atom. The van der Waals surface area contributed by atoms with Crippen LogP contribution in [0.5, 0.6) is 0 Å². The highest BCUT2D eigenvalue weighted by Crippen LogP contribution is 2.12. The second-order valence-electron chi connectivity index (χ2n) is 4.32. The van der Waals surface area contributed by atoms with Crippen LogP contribution in [-0.4, -0.2) is 62.0 Å². The fourth-order valence-electron chi connectivity index (χ4n) is 2.15. The molecule has 0 aromatic heterocycles. The van der Waals surface area contributed by atoms with Crippen molar-refractivity contribution in [3.8, 4) is 0 Å². The van der Waals surface area contributed by atoms with Crippen LogP contribution >= 0.6 is 0 Å². The summed E-state index contributed by atoms with van der Waals surface area (Å²) < 4.78 is 0. The maximum absolute atomic E-state index is 12.0. The molecule has 0 bridgehead atoms.